The van der Waals surface area contributed by atoms with E-state index in [1.165, 1.54) is 5.56 Å². The second-order valence-corrected chi connectivity index (χ2v) is 7.40. The lowest BCUT2D eigenvalue weighted by atomic mass is 10.1. The van der Waals surface area contributed by atoms with Crippen molar-refractivity contribution in [3.63, 3.8) is 0 Å². The summed E-state index contributed by atoms with van der Waals surface area (Å²) in [6.07, 6.45) is 0.868. The minimum absolute atomic E-state index is 0.0506. The number of methoxy groups -OCH3 is 2. The van der Waals surface area contributed by atoms with Crippen molar-refractivity contribution in [3.8, 4) is 5.75 Å². The molecular weight excluding hydrogens is 382 g/mol. The molecule has 1 aromatic carbocycles. The monoisotopic (exact) mass is 419 g/mol. The Morgan fingerprint density at radius 3 is 2.60 bits per heavy atom. The third kappa shape index (κ3) is 7.84. The minimum Gasteiger partial charge on any atom is -0.496 e. The van der Waals surface area contributed by atoms with E-state index in [2.05, 4.69) is 45.6 Å². The molecule has 168 valence electrons. The van der Waals surface area contributed by atoms with Crippen LogP contribution in [0.5, 0.6) is 5.75 Å². The fourth-order valence-corrected chi connectivity index (χ4v) is 3.41. The fourth-order valence-electron chi connectivity index (χ4n) is 3.41. The third-order valence-electron chi connectivity index (χ3n) is 5.14. The molecule has 0 spiro atoms. The molecule has 1 fully saturated rings. The van der Waals surface area contributed by atoms with Gasteiger partial charge in [0.05, 0.1) is 20.3 Å². The molecule has 0 aliphatic carbocycles. The maximum atomic E-state index is 12.0. The first-order valence-electron chi connectivity index (χ1n) is 10.7. The van der Waals surface area contributed by atoms with Gasteiger partial charge in [0.1, 0.15) is 5.75 Å². The Hall–Kier alpha value is -2.32. The molecule has 1 aliphatic rings. The normalized spacial score (nSPS) is 15.2. The first-order valence-corrected chi connectivity index (χ1v) is 10.7. The summed E-state index contributed by atoms with van der Waals surface area (Å²) in [5, 5.41) is 6.28. The van der Waals surface area contributed by atoms with Crippen LogP contribution in [0.2, 0.25) is 0 Å². The number of aryl methyl sites for hydroxylation is 1. The van der Waals surface area contributed by atoms with Crippen LogP contribution in [0.1, 0.15) is 18.1 Å². The van der Waals surface area contributed by atoms with Crippen LogP contribution in [0.4, 0.5) is 0 Å². The number of amides is 1. The Labute approximate surface area is 180 Å². The number of nitrogens with zero attached hydrogens (tertiary/aromatic N) is 3. The van der Waals surface area contributed by atoms with Crippen LogP contribution in [0.3, 0.4) is 0 Å². The van der Waals surface area contributed by atoms with Gasteiger partial charge in [-0.25, -0.2) is 0 Å². The number of benzene rings is 1. The van der Waals surface area contributed by atoms with Gasteiger partial charge < -0.3 is 25.0 Å². The van der Waals surface area contributed by atoms with Crippen molar-refractivity contribution in [3.05, 3.63) is 29.3 Å². The molecule has 1 aromatic rings. The number of piperazine rings is 1. The highest BCUT2D eigenvalue weighted by atomic mass is 16.5. The van der Waals surface area contributed by atoms with Gasteiger partial charge in [-0.15, -0.1) is 0 Å². The highest BCUT2D eigenvalue weighted by Crippen LogP contribution is 2.19. The van der Waals surface area contributed by atoms with Gasteiger partial charge in [-0.05, 0) is 37.5 Å². The Balaban J connectivity index is 1.82. The summed E-state index contributed by atoms with van der Waals surface area (Å²) in [6.45, 7) is 10.6. The molecule has 2 rings (SSSR count). The van der Waals surface area contributed by atoms with E-state index in [4.69, 9.17) is 14.5 Å². The fraction of sp³-hybridized carbons (Fsp3) is 0.636. The lowest BCUT2D eigenvalue weighted by Crippen LogP contribution is -2.54. The van der Waals surface area contributed by atoms with Crippen LogP contribution in [0.25, 0.3) is 0 Å². The number of carbonyl (C=O) groups excluding carboxylic acids is 1. The average Bonchev–Trinajstić information content (AvgIpc) is 2.75. The molecule has 1 amide bonds. The Bertz CT molecular complexity index is 687. The summed E-state index contributed by atoms with van der Waals surface area (Å²) < 4.78 is 10.4. The summed E-state index contributed by atoms with van der Waals surface area (Å²) in [6, 6.07) is 6.32. The van der Waals surface area contributed by atoms with Gasteiger partial charge in [0, 0.05) is 52.9 Å². The standard InChI is InChI=1S/C22H37N5O3/c1-5-23-22(25-9-8-19-7-6-18(2)20(16-19)30-4)27-13-11-26(12-14-27)17-21(28)24-10-15-29-3/h6-7,16H,5,8-15,17H2,1-4H3,(H,23,25)(H,24,28). The van der Waals surface area contributed by atoms with E-state index in [1.807, 2.05) is 6.92 Å². The summed E-state index contributed by atoms with van der Waals surface area (Å²) in [5.41, 5.74) is 2.37. The van der Waals surface area contributed by atoms with Crippen LogP contribution in [0, 0.1) is 6.92 Å². The topological polar surface area (TPSA) is 78.4 Å². The molecule has 0 atom stereocenters. The van der Waals surface area contributed by atoms with Crippen molar-refractivity contribution in [1.29, 1.82) is 0 Å². The highest BCUT2D eigenvalue weighted by Gasteiger charge is 2.21. The average molecular weight is 420 g/mol. The molecule has 0 bridgehead atoms. The van der Waals surface area contributed by atoms with Gasteiger partial charge >= 0.3 is 0 Å². The van der Waals surface area contributed by atoms with Crippen LogP contribution >= 0.6 is 0 Å². The van der Waals surface area contributed by atoms with Crippen molar-refractivity contribution in [2.45, 2.75) is 20.3 Å². The predicted octanol–water partition coefficient (Wildman–Crippen LogP) is 0.892. The van der Waals surface area contributed by atoms with E-state index in [0.717, 1.165) is 63.0 Å². The van der Waals surface area contributed by atoms with Crippen molar-refractivity contribution in [1.82, 2.24) is 20.4 Å². The number of guanidine groups is 1. The number of nitrogens with one attached hydrogen (secondary N) is 2. The van der Waals surface area contributed by atoms with Gasteiger partial charge in [-0.2, -0.15) is 0 Å². The highest BCUT2D eigenvalue weighted by molar-refractivity contribution is 5.80. The second kappa shape index (κ2) is 13.1. The van der Waals surface area contributed by atoms with Crippen molar-refractivity contribution >= 4 is 11.9 Å². The van der Waals surface area contributed by atoms with E-state index in [0.29, 0.717) is 19.7 Å². The first kappa shape index (κ1) is 24.0. The zero-order chi connectivity index (χ0) is 21.8. The molecule has 1 aliphatic heterocycles. The number of rotatable bonds is 10. The van der Waals surface area contributed by atoms with Crippen LogP contribution in [0.15, 0.2) is 23.2 Å². The number of ether oxygens (including phenoxy) is 2. The third-order valence-corrected chi connectivity index (χ3v) is 5.14. The molecule has 0 saturated carbocycles. The number of hydrogen-bond acceptors (Lipinski definition) is 5. The molecule has 1 heterocycles. The lowest BCUT2D eigenvalue weighted by Gasteiger charge is -2.36. The molecule has 0 radical (unpaired) electrons. The predicted molar refractivity (Wildman–Crippen MR) is 120 cm³/mol. The van der Waals surface area contributed by atoms with E-state index in [1.54, 1.807) is 14.2 Å². The summed E-state index contributed by atoms with van der Waals surface area (Å²) in [5.74, 6) is 1.92. The van der Waals surface area contributed by atoms with Gasteiger partial charge in [0.15, 0.2) is 5.96 Å². The maximum Gasteiger partial charge on any atom is 0.234 e. The quantitative estimate of drug-likeness (QED) is 0.333. The maximum absolute atomic E-state index is 12.0. The number of hydrogen-bond donors (Lipinski definition) is 2. The SMILES string of the molecule is CCNC(=NCCc1ccc(C)c(OC)c1)N1CCN(CC(=O)NCCOC)CC1. The van der Waals surface area contributed by atoms with Crippen LogP contribution < -0.4 is 15.4 Å². The van der Waals surface area contributed by atoms with Gasteiger partial charge in [-0.1, -0.05) is 12.1 Å². The largest absolute Gasteiger partial charge is 0.496 e. The van der Waals surface area contributed by atoms with E-state index >= 15 is 0 Å². The Morgan fingerprint density at radius 2 is 1.93 bits per heavy atom. The van der Waals surface area contributed by atoms with E-state index in [9.17, 15) is 4.79 Å². The molecular formula is C22H37N5O3. The van der Waals surface area contributed by atoms with Crippen molar-refractivity contribution in [2.24, 2.45) is 4.99 Å². The van der Waals surface area contributed by atoms with Crippen LogP contribution in [-0.4, -0.2) is 94.9 Å². The Morgan fingerprint density at radius 1 is 1.17 bits per heavy atom. The summed E-state index contributed by atoms with van der Waals surface area (Å²) in [4.78, 5) is 21.3. The van der Waals surface area contributed by atoms with Gasteiger partial charge in [-0.3, -0.25) is 14.7 Å². The molecule has 30 heavy (non-hydrogen) atoms. The molecule has 0 unspecified atom stereocenters. The number of carbonyl (C=O) groups is 1. The first-order chi connectivity index (χ1) is 14.6. The zero-order valence-electron chi connectivity index (χ0n) is 18.9. The van der Waals surface area contributed by atoms with Gasteiger partial charge in [0.2, 0.25) is 5.91 Å². The minimum atomic E-state index is 0.0506. The van der Waals surface area contributed by atoms with Crippen molar-refractivity contribution in [2.75, 3.05) is 73.2 Å². The van der Waals surface area contributed by atoms with Crippen LogP contribution in [-0.2, 0) is 16.0 Å². The molecule has 8 heteroatoms. The lowest BCUT2D eigenvalue weighted by molar-refractivity contribution is -0.122. The Kier molecular flexibility index (Phi) is 10.4. The van der Waals surface area contributed by atoms with Gasteiger partial charge in [0.25, 0.3) is 0 Å². The van der Waals surface area contributed by atoms with E-state index < -0.39 is 0 Å². The van der Waals surface area contributed by atoms with E-state index in [-0.39, 0.29) is 5.91 Å². The smallest absolute Gasteiger partial charge is 0.234 e. The molecule has 2 N–H and O–H groups in total. The zero-order valence-corrected chi connectivity index (χ0v) is 18.9. The number of aliphatic imine (C=N–C) groups is 1. The molecule has 1 saturated heterocycles. The summed E-state index contributed by atoms with van der Waals surface area (Å²) in [7, 11) is 3.34. The second-order valence-electron chi connectivity index (χ2n) is 7.40. The molecule has 0 aromatic heterocycles. The summed E-state index contributed by atoms with van der Waals surface area (Å²) >= 11 is 0. The molecule has 8 nitrogen and oxygen atoms in total. The van der Waals surface area contributed by atoms with Crippen molar-refractivity contribution < 1.29 is 14.3 Å².